The number of aromatic nitrogens is 5. The van der Waals surface area contributed by atoms with E-state index in [0.717, 1.165) is 27.4 Å². The van der Waals surface area contributed by atoms with Crippen molar-refractivity contribution >= 4 is 33.3 Å². The van der Waals surface area contributed by atoms with Gasteiger partial charge in [-0.2, -0.15) is 14.9 Å². The maximum atomic E-state index is 12.7. The molecule has 0 spiro atoms. The number of hydrogen-bond donors (Lipinski definition) is 1. The topological polar surface area (TPSA) is 86.9 Å². The summed E-state index contributed by atoms with van der Waals surface area (Å²) in [4.78, 5) is 17.4. The number of amides is 1. The van der Waals surface area contributed by atoms with Gasteiger partial charge in [0.2, 0.25) is 5.13 Å². The van der Waals surface area contributed by atoms with Gasteiger partial charge in [0.15, 0.2) is 5.69 Å². The van der Waals surface area contributed by atoms with Crippen molar-refractivity contribution in [1.29, 1.82) is 0 Å². The molecule has 0 bridgehead atoms. The molecule has 8 nitrogen and oxygen atoms in total. The number of rotatable bonds is 6. The van der Waals surface area contributed by atoms with Gasteiger partial charge >= 0.3 is 0 Å². The zero-order valence-electron chi connectivity index (χ0n) is 16.8. The SMILES string of the molecule is CCOc1cccc2sc(-n3nc(C)cc3NC(=O)c3cc(C)n(CC)n3)nc12. The second-order valence-electron chi connectivity index (χ2n) is 6.56. The number of anilines is 1. The van der Waals surface area contributed by atoms with Crippen LogP contribution in [-0.2, 0) is 6.54 Å². The third-order valence-electron chi connectivity index (χ3n) is 4.44. The molecule has 0 aliphatic rings. The maximum absolute atomic E-state index is 12.7. The second-order valence-corrected chi connectivity index (χ2v) is 7.57. The van der Waals surface area contributed by atoms with E-state index in [-0.39, 0.29) is 5.91 Å². The molecule has 0 unspecified atom stereocenters. The van der Waals surface area contributed by atoms with E-state index >= 15 is 0 Å². The second kappa shape index (κ2) is 7.67. The van der Waals surface area contributed by atoms with Gasteiger partial charge in [0.25, 0.3) is 5.91 Å². The summed E-state index contributed by atoms with van der Waals surface area (Å²) in [6, 6.07) is 9.43. The standard InChI is InChI=1S/C20H22N6O2S/c1-5-25-13(4)11-14(24-25)19(27)21-17-10-12(3)23-26(17)20-22-18-15(28-6-2)8-7-9-16(18)29-20/h7-11H,5-6H2,1-4H3,(H,21,27). The van der Waals surface area contributed by atoms with E-state index in [1.54, 1.807) is 15.4 Å². The molecule has 0 saturated heterocycles. The van der Waals surface area contributed by atoms with E-state index in [9.17, 15) is 4.79 Å². The van der Waals surface area contributed by atoms with Crippen LogP contribution in [0.2, 0.25) is 0 Å². The summed E-state index contributed by atoms with van der Waals surface area (Å²) < 4.78 is 10.1. The lowest BCUT2D eigenvalue weighted by molar-refractivity contribution is 0.102. The first kappa shape index (κ1) is 19.1. The molecule has 29 heavy (non-hydrogen) atoms. The van der Waals surface area contributed by atoms with Crippen molar-refractivity contribution in [2.75, 3.05) is 11.9 Å². The Morgan fingerprint density at radius 1 is 1.21 bits per heavy atom. The molecule has 0 fully saturated rings. The van der Waals surface area contributed by atoms with Gasteiger partial charge < -0.3 is 10.1 Å². The zero-order valence-corrected chi connectivity index (χ0v) is 17.6. The predicted octanol–water partition coefficient (Wildman–Crippen LogP) is 3.97. The Balaban J connectivity index is 1.69. The van der Waals surface area contributed by atoms with Gasteiger partial charge in [0, 0.05) is 18.3 Å². The van der Waals surface area contributed by atoms with Gasteiger partial charge in [-0.25, -0.2) is 4.98 Å². The average Bonchev–Trinajstić information content (AvgIpc) is 3.38. The molecule has 150 valence electrons. The van der Waals surface area contributed by atoms with Gasteiger partial charge in [0.05, 0.1) is 17.0 Å². The van der Waals surface area contributed by atoms with E-state index in [1.807, 2.05) is 52.0 Å². The molecule has 4 rings (SSSR count). The van der Waals surface area contributed by atoms with Gasteiger partial charge in [-0.05, 0) is 45.9 Å². The molecule has 1 aromatic carbocycles. The Labute approximate surface area is 172 Å². The third kappa shape index (κ3) is 3.61. The predicted molar refractivity (Wildman–Crippen MR) is 113 cm³/mol. The largest absolute Gasteiger partial charge is 0.492 e. The van der Waals surface area contributed by atoms with Crippen LogP contribution in [0.1, 0.15) is 35.7 Å². The van der Waals surface area contributed by atoms with Crippen molar-refractivity contribution in [3.05, 3.63) is 47.4 Å². The smallest absolute Gasteiger partial charge is 0.277 e. The highest BCUT2D eigenvalue weighted by molar-refractivity contribution is 7.20. The lowest BCUT2D eigenvalue weighted by Crippen LogP contribution is -2.16. The number of aryl methyl sites for hydroxylation is 3. The van der Waals surface area contributed by atoms with Gasteiger partial charge in [0.1, 0.15) is 17.1 Å². The summed E-state index contributed by atoms with van der Waals surface area (Å²) in [5.74, 6) is 1.01. The number of hydrogen-bond acceptors (Lipinski definition) is 6. The molecule has 9 heteroatoms. The van der Waals surface area contributed by atoms with E-state index in [1.165, 1.54) is 11.3 Å². The van der Waals surface area contributed by atoms with Crippen LogP contribution in [0.25, 0.3) is 15.3 Å². The van der Waals surface area contributed by atoms with Crippen molar-refractivity contribution in [1.82, 2.24) is 24.5 Å². The van der Waals surface area contributed by atoms with Crippen LogP contribution in [0.4, 0.5) is 5.82 Å². The first-order valence-electron chi connectivity index (χ1n) is 9.45. The zero-order chi connectivity index (χ0) is 20.5. The number of ether oxygens (including phenoxy) is 1. The summed E-state index contributed by atoms with van der Waals surface area (Å²) >= 11 is 1.49. The lowest BCUT2D eigenvalue weighted by Gasteiger charge is -2.05. The number of para-hydroxylation sites is 1. The van der Waals surface area contributed by atoms with Crippen LogP contribution >= 0.6 is 11.3 Å². The molecule has 3 heterocycles. The molecule has 1 N–H and O–H groups in total. The Kier molecular flexibility index (Phi) is 5.06. The first-order chi connectivity index (χ1) is 14.0. The summed E-state index contributed by atoms with van der Waals surface area (Å²) in [6.45, 7) is 9.02. The van der Waals surface area contributed by atoms with Crippen molar-refractivity contribution in [2.45, 2.75) is 34.2 Å². The van der Waals surface area contributed by atoms with E-state index in [2.05, 4.69) is 15.5 Å². The number of fused-ring (bicyclic) bond motifs is 1. The minimum absolute atomic E-state index is 0.280. The van der Waals surface area contributed by atoms with Crippen molar-refractivity contribution < 1.29 is 9.53 Å². The first-order valence-corrected chi connectivity index (χ1v) is 10.3. The van der Waals surface area contributed by atoms with Gasteiger partial charge in [-0.3, -0.25) is 9.48 Å². The monoisotopic (exact) mass is 410 g/mol. The van der Waals surface area contributed by atoms with E-state index in [4.69, 9.17) is 9.72 Å². The Morgan fingerprint density at radius 2 is 2.03 bits per heavy atom. The fourth-order valence-electron chi connectivity index (χ4n) is 3.13. The van der Waals surface area contributed by atoms with Gasteiger partial charge in [-0.15, -0.1) is 0 Å². The number of benzene rings is 1. The summed E-state index contributed by atoms with van der Waals surface area (Å²) in [6.07, 6.45) is 0. The van der Waals surface area contributed by atoms with Crippen LogP contribution in [-0.4, -0.2) is 37.1 Å². The Hall–Kier alpha value is -3.20. The molecular formula is C20H22N6O2S. The summed E-state index contributed by atoms with van der Waals surface area (Å²) in [7, 11) is 0. The molecule has 0 atom stereocenters. The average molecular weight is 411 g/mol. The van der Waals surface area contributed by atoms with Crippen LogP contribution in [0.3, 0.4) is 0 Å². The molecule has 1 amide bonds. The van der Waals surface area contributed by atoms with Crippen molar-refractivity contribution in [2.24, 2.45) is 0 Å². The number of nitrogens with one attached hydrogen (secondary N) is 1. The van der Waals surface area contributed by atoms with Crippen LogP contribution in [0.5, 0.6) is 5.75 Å². The van der Waals surface area contributed by atoms with Crippen molar-refractivity contribution in [3.63, 3.8) is 0 Å². The molecular weight excluding hydrogens is 388 g/mol. The highest BCUT2D eigenvalue weighted by Crippen LogP contribution is 2.32. The summed E-state index contributed by atoms with van der Waals surface area (Å²) in [5.41, 5.74) is 2.88. The number of carbonyl (C=O) groups is 1. The lowest BCUT2D eigenvalue weighted by atomic mass is 10.3. The number of thiazole rings is 1. The molecule has 0 saturated carbocycles. The fraction of sp³-hybridized carbons (Fsp3) is 0.300. The minimum atomic E-state index is -0.280. The van der Waals surface area contributed by atoms with Gasteiger partial charge in [-0.1, -0.05) is 17.4 Å². The minimum Gasteiger partial charge on any atom is -0.492 e. The quantitative estimate of drug-likeness (QED) is 0.520. The normalized spacial score (nSPS) is 11.2. The van der Waals surface area contributed by atoms with E-state index < -0.39 is 0 Å². The fourth-order valence-corrected chi connectivity index (χ4v) is 4.08. The molecule has 0 aliphatic heterocycles. The van der Waals surface area contributed by atoms with Crippen LogP contribution < -0.4 is 10.1 Å². The summed E-state index contributed by atoms with van der Waals surface area (Å²) in [5, 5.41) is 12.4. The molecule has 0 aliphatic carbocycles. The molecule has 4 aromatic rings. The molecule has 3 aromatic heterocycles. The molecule has 0 radical (unpaired) electrons. The Bertz CT molecular complexity index is 1190. The van der Waals surface area contributed by atoms with E-state index in [0.29, 0.717) is 29.8 Å². The number of carbonyl (C=O) groups excluding carboxylic acids is 1. The maximum Gasteiger partial charge on any atom is 0.277 e. The Morgan fingerprint density at radius 3 is 2.76 bits per heavy atom. The third-order valence-corrected chi connectivity index (χ3v) is 5.43. The van der Waals surface area contributed by atoms with Crippen molar-refractivity contribution in [3.8, 4) is 10.9 Å². The highest BCUT2D eigenvalue weighted by Gasteiger charge is 2.18. The van der Waals surface area contributed by atoms with Crippen LogP contribution in [0.15, 0.2) is 30.3 Å². The number of nitrogens with zero attached hydrogens (tertiary/aromatic N) is 5. The highest BCUT2D eigenvalue weighted by atomic mass is 32.1. The van der Waals surface area contributed by atoms with Crippen LogP contribution in [0, 0.1) is 13.8 Å².